The van der Waals surface area contributed by atoms with Crippen LogP contribution in [0.4, 0.5) is 5.69 Å². The number of nitrogens with two attached hydrogens (primary N) is 1. The second-order valence-corrected chi connectivity index (χ2v) is 5.48. The first-order valence-electron chi connectivity index (χ1n) is 7.54. The predicted molar refractivity (Wildman–Crippen MR) is 93.6 cm³/mol. The molecule has 5 heteroatoms. The number of anilines is 1. The molecule has 0 radical (unpaired) electrons. The van der Waals surface area contributed by atoms with Crippen molar-refractivity contribution < 1.29 is 14.3 Å². The molecule has 0 spiro atoms. The van der Waals surface area contributed by atoms with Gasteiger partial charge in [0.25, 0.3) is 0 Å². The Hall–Kier alpha value is -2.92. The highest BCUT2D eigenvalue weighted by Gasteiger charge is 2.14. The van der Waals surface area contributed by atoms with E-state index < -0.39 is 12.0 Å². The standard InChI is InChI=1S/C19H20N2O3/c1-13(2)19(23)24-16-10-8-14(9-11-16)12-17(20)18(22)21-15-6-4-3-5-7-15/h3-11,17H,1,12,20H2,2H3,(H,21,22)/t17-/m0/s1. The number of esters is 1. The fraction of sp³-hybridized carbons (Fsp3) is 0.158. The van der Waals surface area contributed by atoms with E-state index in [0.717, 1.165) is 5.56 Å². The number of ether oxygens (including phenoxy) is 1. The van der Waals surface area contributed by atoms with Crippen LogP contribution in [-0.4, -0.2) is 17.9 Å². The van der Waals surface area contributed by atoms with Crippen molar-refractivity contribution in [3.05, 3.63) is 72.3 Å². The quantitative estimate of drug-likeness (QED) is 0.486. The summed E-state index contributed by atoms with van der Waals surface area (Å²) in [5.74, 6) is -0.297. The Kier molecular flexibility index (Phi) is 5.87. The minimum atomic E-state index is -0.672. The normalized spacial score (nSPS) is 11.4. The van der Waals surface area contributed by atoms with Crippen LogP contribution in [0.5, 0.6) is 5.75 Å². The van der Waals surface area contributed by atoms with E-state index in [1.54, 1.807) is 43.3 Å². The molecule has 0 aliphatic carbocycles. The van der Waals surface area contributed by atoms with Crippen molar-refractivity contribution >= 4 is 17.6 Å². The van der Waals surface area contributed by atoms with Crippen LogP contribution in [-0.2, 0) is 16.0 Å². The fourth-order valence-corrected chi connectivity index (χ4v) is 1.99. The summed E-state index contributed by atoms with van der Waals surface area (Å²) in [6.45, 7) is 5.11. The molecule has 1 atom stereocenters. The van der Waals surface area contributed by atoms with E-state index in [1.165, 1.54) is 0 Å². The molecule has 2 rings (SSSR count). The largest absolute Gasteiger partial charge is 0.423 e. The summed E-state index contributed by atoms with van der Waals surface area (Å²) in [7, 11) is 0. The summed E-state index contributed by atoms with van der Waals surface area (Å²) < 4.78 is 5.11. The lowest BCUT2D eigenvalue weighted by Crippen LogP contribution is -2.37. The van der Waals surface area contributed by atoms with Crippen molar-refractivity contribution in [3.63, 3.8) is 0 Å². The molecule has 0 saturated carbocycles. The van der Waals surface area contributed by atoms with Crippen LogP contribution >= 0.6 is 0 Å². The van der Waals surface area contributed by atoms with E-state index in [-0.39, 0.29) is 5.91 Å². The van der Waals surface area contributed by atoms with Gasteiger partial charge in [0.15, 0.2) is 0 Å². The molecule has 5 nitrogen and oxygen atoms in total. The van der Waals surface area contributed by atoms with Crippen molar-refractivity contribution in [2.75, 3.05) is 5.32 Å². The highest BCUT2D eigenvalue weighted by molar-refractivity contribution is 5.94. The molecular formula is C19H20N2O3. The Labute approximate surface area is 141 Å². The molecule has 0 heterocycles. The van der Waals surface area contributed by atoms with Gasteiger partial charge in [-0.3, -0.25) is 4.79 Å². The summed E-state index contributed by atoms with van der Waals surface area (Å²) in [6, 6.07) is 15.4. The van der Waals surface area contributed by atoms with Crippen LogP contribution in [0.1, 0.15) is 12.5 Å². The summed E-state index contributed by atoms with van der Waals surface area (Å²) in [5.41, 5.74) is 7.86. The topological polar surface area (TPSA) is 81.4 Å². The van der Waals surface area contributed by atoms with Crippen molar-refractivity contribution in [2.24, 2.45) is 5.73 Å². The number of hydrogen-bond donors (Lipinski definition) is 2. The van der Waals surface area contributed by atoms with E-state index >= 15 is 0 Å². The molecule has 2 aromatic rings. The van der Waals surface area contributed by atoms with Crippen molar-refractivity contribution in [1.29, 1.82) is 0 Å². The zero-order chi connectivity index (χ0) is 17.5. The molecule has 124 valence electrons. The van der Waals surface area contributed by atoms with Crippen LogP contribution in [0, 0.1) is 0 Å². The molecule has 24 heavy (non-hydrogen) atoms. The van der Waals surface area contributed by atoms with Crippen LogP contribution in [0.3, 0.4) is 0 Å². The number of hydrogen-bond acceptors (Lipinski definition) is 4. The van der Waals surface area contributed by atoms with Crippen LogP contribution < -0.4 is 15.8 Å². The highest BCUT2D eigenvalue weighted by Crippen LogP contribution is 2.15. The summed E-state index contributed by atoms with van der Waals surface area (Å²) in [4.78, 5) is 23.5. The van der Waals surface area contributed by atoms with Crippen molar-refractivity contribution in [3.8, 4) is 5.75 Å². The number of nitrogens with one attached hydrogen (secondary N) is 1. The monoisotopic (exact) mass is 324 g/mol. The zero-order valence-electron chi connectivity index (χ0n) is 13.5. The smallest absolute Gasteiger partial charge is 0.338 e. The maximum Gasteiger partial charge on any atom is 0.338 e. The number of carbonyl (C=O) groups excluding carboxylic acids is 2. The summed E-state index contributed by atoms with van der Waals surface area (Å²) in [5, 5.41) is 2.77. The molecule has 3 N–H and O–H groups in total. The van der Waals surface area contributed by atoms with Gasteiger partial charge >= 0.3 is 5.97 Å². The van der Waals surface area contributed by atoms with Gasteiger partial charge in [0.2, 0.25) is 5.91 Å². The molecule has 1 amide bonds. The van der Waals surface area contributed by atoms with E-state index in [0.29, 0.717) is 23.4 Å². The SMILES string of the molecule is C=C(C)C(=O)Oc1ccc(C[C@H](N)C(=O)Nc2ccccc2)cc1. The maximum atomic E-state index is 12.1. The van der Waals surface area contributed by atoms with E-state index in [1.807, 2.05) is 18.2 Å². The molecular weight excluding hydrogens is 304 g/mol. The van der Waals surface area contributed by atoms with E-state index in [9.17, 15) is 9.59 Å². The number of carbonyl (C=O) groups is 2. The predicted octanol–water partition coefficient (Wildman–Crippen LogP) is 2.68. The van der Waals surface area contributed by atoms with Gasteiger partial charge in [0.1, 0.15) is 5.75 Å². The molecule has 0 unspecified atom stereocenters. The second kappa shape index (κ2) is 8.08. The number of para-hydroxylation sites is 1. The molecule has 2 aromatic carbocycles. The number of rotatable bonds is 6. The Bertz CT molecular complexity index is 724. The molecule has 0 aromatic heterocycles. The molecule has 0 aliphatic rings. The van der Waals surface area contributed by atoms with E-state index in [4.69, 9.17) is 10.5 Å². The number of amides is 1. The average molecular weight is 324 g/mol. The minimum Gasteiger partial charge on any atom is -0.423 e. The maximum absolute atomic E-state index is 12.1. The van der Waals surface area contributed by atoms with E-state index in [2.05, 4.69) is 11.9 Å². The van der Waals surface area contributed by atoms with Gasteiger partial charge in [-0.1, -0.05) is 36.9 Å². The lowest BCUT2D eigenvalue weighted by Gasteiger charge is -2.12. The highest BCUT2D eigenvalue weighted by atomic mass is 16.5. The zero-order valence-corrected chi connectivity index (χ0v) is 13.5. The first-order valence-corrected chi connectivity index (χ1v) is 7.54. The van der Waals surface area contributed by atoms with Gasteiger partial charge in [-0.05, 0) is 43.2 Å². The third kappa shape index (κ3) is 5.07. The summed E-state index contributed by atoms with van der Waals surface area (Å²) >= 11 is 0. The van der Waals surface area contributed by atoms with Gasteiger partial charge in [-0.25, -0.2) is 4.79 Å². The first kappa shape index (κ1) is 17.4. The Morgan fingerprint density at radius 2 is 1.75 bits per heavy atom. The lowest BCUT2D eigenvalue weighted by molar-refractivity contribution is -0.130. The van der Waals surface area contributed by atoms with Gasteiger partial charge < -0.3 is 15.8 Å². The lowest BCUT2D eigenvalue weighted by atomic mass is 10.1. The molecule has 0 fully saturated rings. The fourth-order valence-electron chi connectivity index (χ4n) is 1.99. The van der Waals surface area contributed by atoms with Gasteiger partial charge in [-0.15, -0.1) is 0 Å². The average Bonchev–Trinajstić information content (AvgIpc) is 2.57. The Balaban J connectivity index is 1.91. The van der Waals surface area contributed by atoms with Crippen LogP contribution in [0.2, 0.25) is 0 Å². The number of benzene rings is 2. The van der Waals surface area contributed by atoms with Crippen molar-refractivity contribution in [1.82, 2.24) is 0 Å². The van der Waals surface area contributed by atoms with Gasteiger partial charge in [0.05, 0.1) is 6.04 Å². The van der Waals surface area contributed by atoms with Crippen LogP contribution in [0.25, 0.3) is 0 Å². The molecule has 0 bridgehead atoms. The minimum absolute atomic E-state index is 0.251. The van der Waals surface area contributed by atoms with Crippen molar-refractivity contribution in [2.45, 2.75) is 19.4 Å². The molecule has 0 aliphatic heterocycles. The summed E-state index contributed by atoms with van der Waals surface area (Å²) in [6.07, 6.45) is 0.382. The Morgan fingerprint density at radius 3 is 2.33 bits per heavy atom. The third-order valence-corrected chi connectivity index (χ3v) is 3.32. The Morgan fingerprint density at radius 1 is 1.12 bits per heavy atom. The third-order valence-electron chi connectivity index (χ3n) is 3.32. The van der Waals surface area contributed by atoms with Gasteiger partial charge in [0, 0.05) is 11.3 Å². The van der Waals surface area contributed by atoms with Gasteiger partial charge in [-0.2, -0.15) is 0 Å². The molecule has 0 saturated heterocycles. The first-order chi connectivity index (χ1) is 11.5. The van der Waals surface area contributed by atoms with Crippen LogP contribution in [0.15, 0.2) is 66.7 Å². The second-order valence-electron chi connectivity index (χ2n) is 5.48.